The SMILES string of the molecule is COC(=O)c1ccccc1Cn1ccnc1-c1c(OC)cccc1OC. The number of rotatable bonds is 6. The zero-order chi connectivity index (χ0) is 18.5. The minimum atomic E-state index is -0.364. The van der Waals surface area contributed by atoms with Gasteiger partial charge in [-0.3, -0.25) is 0 Å². The van der Waals surface area contributed by atoms with Crippen molar-refractivity contribution in [2.45, 2.75) is 6.54 Å². The van der Waals surface area contributed by atoms with Crippen molar-refractivity contribution < 1.29 is 19.0 Å². The fourth-order valence-corrected chi connectivity index (χ4v) is 2.89. The number of methoxy groups -OCH3 is 3. The van der Waals surface area contributed by atoms with Gasteiger partial charge in [-0.05, 0) is 23.8 Å². The molecule has 0 unspecified atom stereocenters. The molecular formula is C20H20N2O4. The van der Waals surface area contributed by atoms with E-state index >= 15 is 0 Å². The van der Waals surface area contributed by atoms with E-state index in [2.05, 4.69) is 4.98 Å². The first-order valence-corrected chi connectivity index (χ1v) is 8.08. The smallest absolute Gasteiger partial charge is 0.338 e. The maximum Gasteiger partial charge on any atom is 0.338 e. The van der Waals surface area contributed by atoms with Gasteiger partial charge in [-0.2, -0.15) is 0 Å². The van der Waals surface area contributed by atoms with E-state index in [1.54, 1.807) is 26.5 Å². The van der Waals surface area contributed by atoms with E-state index < -0.39 is 0 Å². The van der Waals surface area contributed by atoms with Gasteiger partial charge in [0.2, 0.25) is 0 Å². The molecule has 0 N–H and O–H groups in total. The second-order valence-corrected chi connectivity index (χ2v) is 5.57. The van der Waals surface area contributed by atoms with Gasteiger partial charge in [-0.15, -0.1) is 0 Å². The maximum absolute atomic E-state index is 12.0. The molecule has 3 rings (SSSR count). The lowest BCUT2D eigenvalue weighted by molar-refractivity contribution is 0.0599. The number of carbonyl (C=O) groups excluding carboxylic acids is 1. The molecule has 0 atom stereocenters. The van der Waals surface area contributed by atoms with E-state index in [0.29, 0.717) is 29.4 Å². The van der Waals surface area contributed by atoms with Crippen LogP contribution in [0.5, 0.6) is 11.5 Å². The average molecular weight is 352 g/mol. The Morgan fingerprint density at radius 3 is 2.35 bits per heavy atom. The summed E-state index contributed by atoms with van der Waals surface area (Å²) in [6, 6.07) is 12.9. The van der Waals surface area contributed by atoms with Crippen LogP contribution in [0.15, 0.2) is 54.9 Å². The number of ether oxygens (including phenoxy) is 3. The van der Waals surface area contributed by atoms with Crippen molar-refractivity contribution >= 4 is 5.97 Å². The van der Waals surface area contributed by atoms with E-state index in [9.17, 15) is 4.79 Å². The van der Waals surface area contributed by atoms with Crippen LogP contribution < -0.4 is 9.47 Å². The fraction of sp³-hybridized carbons (Fsp3) is 0.200. The molecule has 1 heterocycles. The van der Waals surface area contributed by atoms with E-state index in [4.69, 9.17) is 14.2 Å². The highest BCUT2D eigenvalue weighted by Gasteiger charge is 2.19. The topological polar surface area (TPSA) is 62.6 Å². The minimum Gasteiger partial charge on any atom is -0.496 e. The van der Waals surface area contributed by atoms with E-state index in [1.165, 1.54) is 7.11 Å². The van der Waals surface area contributed by atoms with Crippen molar-refractivity contribution in [1.29, 1.82) is 0 Å². The van der Waals surface area contributed by atoms with Crippen molar-refractivity contribution in [1.82, 2.24) is 9.55 Å². The number of carbonyl (C=O) groups is 1. The molecule has 0 saturated heterocycles. The monoisotopic (exact) mass is 352 g/mol. The van der Waals surface area contributed by atoms with Crippen LogP contribution in [0.2, 0.25) is 0 Å². The highest BCUT2D eigenvalue weighted by atomic mass is 16.5. The second-order valence-electron chi connectivity index (χ2n) is 5.57. The van der Waals surface area contributed by atoms with Gasteiger partial charge in [0.15, 0.2) is 0 Å². The molecule has 0 spiro atoms. The first-order chi connectivity index (χ1) is 12.7. The number of esters is 1. The summed E-state index contributed by atoms with van der Waals surface area (Å²) in [5.74, 6) is 1.66. The summed E-state index contributed by atoms with van der Waals surface area (Å²) in [5.41, 5.74) is 2.13. The van der Waals surface area contributed by atoms with Gasteiger partial charge < -0.3 is 18.8 Å². The van der Waals surface area contributed by atoms with Crippen LogP contribution in [0.1, 0.15) is 15.9 Å². The Morgan fingerprint density at radius 1 is 1.00 bits per heavy atom. The summed E-state index contributed by atoms with van der Waals surface area (Å²) < 4.78 is 17.8. The van der Waals surface area contributed by atoms with Crippen LogP contribution in [-0.4, -0.2) is 36.8 Å². The highest BCUT2D eigenvalue weighted by molar-refractivity contribution is 5.91. The number of imidazole rings is 1. The average Bonchev–Trinajstić information content (AvgIpc) is 3.14. The van der Waals surface area contributed by atoms with Gasteiger partial charge in [0.05, 0.1) is 26.9 Å². The van der Waals surface area contributed by atoms with Gasteiger partial charge in [0, 0.05) is 18.9 Å². The van der Waals surface area contributed by atoms with Gasteiger partial charge in [-0.25, -0.2) is 9.78 Å². The highest BCUT2D eigenvalue weighted by Crippen LogP contribution is 2.37. The van der Waals surface area contributed by atoms with Crippen LogP contribution in [0, 0.1) is 0 Å². The summed E-state index contributed by atoms with van der Waals surface area (Å²) in [5, 5.41) is 0. The minimum absolute atomic E-state index is 0.364. The number of hydrogen-bond acceptors (Lipinski definition) is 5. The molecule has 3 aromatic rings. The number of benzene rings is 2. The first kappa shape index (κ1) is 17.5. The molecular weight excluding hydrogens is 332 g/mol. The van der Waals surface area contributed by atoms with Crippen LogP contribution in [-0.2, 0) is 11.3 Å². The Balaban J connectivity index is 2.06. The van der Waals surface area contributed by atoms with Gasteiger partial charge in [0.1, 0.15) is 22.9 Å². The third kappa shape index (κ3) is 3.26. The molecule has 0 bridgehead atoms. The summed E-state index contributed by atoms with van der Waals surface area (Å²) in [6.07, 6.45) is 3.57. The molecule has 134 valence electrons. The molecule has 2 aromatic carbocycles. The van der Waals surface area contributed by atoms with Gasteiger partial charge in [-0.1, -0.05) is 24.3 Å². The number of nitrogens with zero attached hydrogens (tertiary/aromatic N) is 2. The summed E-state index contributed by atoms with van der Waals surface area (Å²) >= 11 is 0. The maximum atomic E-state index is 12.0. The van der Waals surface area contributed by atoms with Crippen molar-refractivity contribution in [2.75, 3.05) is 21.3 Å². The van der Waals surface area contributed by atoms with Crippen LogP contribution >= 0.6 is 0 Å². The fourth-order valence-electron chi connectivity index (χ4n) is 2.89. The molecule has 0 aliphatic rings. The van der Waals surface area contributed by atoms with Gasteiger partial charge in [0.25, 0.3) is 0 Å². The molecule has 0 radical (unpaired) electrons. The zero-order valence-corrected chi connectivity index (χ0v) is 14.9. The number of aromatic nitrogens is 2. The quantitative estimate of drug-likeness (QED) is 0.636. The van der Waals surface area contributed by atoms with Gasteiger partial charge >= 0.3 is 5.97 Å². The second kappa shape index (κ2) is 7.74. The van der Waals surface area contributed by atoms with Crippen LogP contribution in [0.4, 0.5) is 0 Å². The zero-order valence-electron chi connectivity index (χ0n) is 14.9. The van der Waals surface area contributed by atoms with Crippen molar-refractivity contribution in [3.05, 3.63) is 66.0 Å². The van der Waals surface area contributed by atoms with Crippen LogP contribution in [0.25, 0.3) is 11.4 Å². The standard InChI is InChI=1S/C20H20N2O4/c1-24-16-9-6-10-17(25-2)18(16)19-21-11-12-22(19)13-14-7-4-5-8-15(14)20(23)26-3/h4-12H,13H2,1-3H3. The lowest BCUT2D eigenvalue weighted by Crippen LogP contribution is -2.10. The van der Waals surface area contributed by atoms with Crippen molar-refractivity contribution in [3.8, 4) is 22.9 Å². The lowest BCUT2D eigenvalue weighted by Gasteiger charge is -2.15. The van der Waals surface area contributed by atoms with E-state index in [1.807, 2.05) is 47.2 Å². The molecule has 1 aromatic heterocycles. The Morgan fingerprint density at radius 2 is 1.69 bits per heavy atom. The summed E-state index contributed by atoms with van der Waals surface area (Å²) in [4.78, 5) is 16.5. The number of hydrogen-bond donors (Lipinski definition) is 0. The summed E-state index contributed by atoms with van der Waals surface area (Å²) in [7, 11) is 4.59. The predicted octanol–water partition coefficient (Wildman–Crippen LogP) is 3.40. The van der Waals surface area contributed by atoms with E-state index in [-0.39, 0.29) is 5.97 Å². The van der Waals surface area contributed by atoms with Crippen LogP contribution in [0.3, 0.4) is 0 Å². The lowest BCUT2D eigenvalue weighted by atomic mass is 10.1. The molecule has 0 saturated carbocycles. The Bertz CT molecular complexity index is 895. The first-order valence-electron chi connectivity index (χ1n) is 8.08. The van der Waals surface area contributed by atoms with Crippen molar-refractivity contribution in [2.24, 2.45) is 0 Å². The molecule has 0 amide bonds. The molecule has 0 aliphatic heterocycles. The largest absolute Gasteiger partial charge is 0.496 e. The molecule has 6 nitrogen and oxygen atoms in total. The normalized spacial score (nSPS) is 10.4. The Labute approximate surface area is 152 Å². The molecule has 0 aliphatic carbocycles. The Kier molecular flexibility index (Phi) is 5.22. The Hall–Kier alpha value is -3.28. The molecule has 6 heteroatoms. The summed E-state index contributed by atoms with van der Waals surface area (Å²) in [6.45, 7) is 0.460. The predicted molar refractivity (Wildman–Crippen MR) is 97.7 cm³/mol. The third-order valence-electron chi connectivity index (χ3n) is 4.13. The van der Waals surface area contributed by atoms with E-state index in [0.717, 1.165) is 11.1 Å². The third-order valence-corrected chi connectivity index (χ3v) is 4.13. The molecule has 26 heavy (non-hydrogen) atoms. The molecule has 0 fully saturated rings. The van der Waals surface area contributed by atoms with Crippen molar-refractivity contribution in [3.63, 3.8) is 0 Å².